The van der Waals surface area contributed by atoms with Gasteiger partial charge in [-0.15, -0.1) is 0 Å². The van der Waals surface area contributed by atoms with E-state index in [1.807, 2.05) is 12.1 Å². The van der Waals surface area contributed by atoms with Crippen LogP contribution in [0.15, 0.2) is 243 Å². The smallest absolute Gasteiger partial charge is 0.164 e. The molecular weight excluding hydrogens is 789 g/mol. The van der Waals surface area contributed by atoms with Crippen molar-refractivity contribution in [1.82, 2.24) is 19.5 Å². The first-order valence-corrected chi connectivity index (χ1v) is 22.0. The lowest BCUT2D eigenvalue weighted by Crippen LogP contribution is -2.02. The molecule has 65 heavy (non-hydrogen) atoms. The molecule has 0 saturated heterocycles. The average molecular weight is 829 g/mol. The lowest BCUT2D eigenvalue weighted by atomic mass is 9.93. The summed E-state index contributed by atoms with van der Waals surface area (Å²) in [7, 11) is 0. The second-order valence-electron chi connectivity index (χ2n) is 16.3. The summed E-state index contributed by atoms with van der Waals surface area (Å²) >= 11 is 0. The Labute approximate surface area is 377 Å². The van der Waals surface area contributed by atoms with Gasteiger partial charge in [0.05, 0.1) is 16.7 Å². The van der Waals surface area contributed by atoms with Gasteiger partial charge in [-0.05, 0) is 80.0 Å². The molecule has 0 fully saturated rings. The van der Waals surface area contributed by atoms with Crippen LogP contribution in [0, 0.1) is 0 Å². The number of benzene rings is 10. The fraction of sp³-hybridized carbons (Fsp3) is 0. The monoisotopic (exact) mass is 828 g/mol. The number of para-hydroxylation sites is 3. The summed E-state index contributed by atoms with van der Waals surface area (Å²) in [6, 6.07) is 85.8. The van der Waals surface area contributed by atoms with E-state index in [9.17, 15) is 0 Å². The molecular formula is C61H40N4. The number of nitrogens with zero attached hydrogens (tertiary/aromatic N) is 4. The number of aromatic nitrogens is 4. The molecule has 0 unspecified atom stereocenters. The molecule has 10 aromatic carbocycles. The van der Waals surface area contributed by atoms with Gasteiger partial charge in [0, 0.05) is 33.0 Å². The summed E-state index contributed by atoms with van der Waals surface area (Å²) in [5, 5.41) is 4.70. The average Bonchev–Trinajstić information content (AvgIpc) is 3.73. The Morgan fingerprint density at radius 2 is 0.662 bits per heavy atom. The van der Waals surface area contributed by atoms with Crippen molar-refractivity contribution >= 4 is 32.6 Å². The van der Waals surface area contributed by atoms with Crippen LogP contribution in [0.1, 0.15) is 0 Å². The molecule has 0 N–H and O–H groups in total. The summed E-state index contributed by atoms with van der Waals surface area (Å²) in [5.74, 6) is 1.87. The maximum absolute atomic E-state index is 5.31. The van der Waals surface area contributed by atoms with E-state index in [4.69, 9.17) is 15.0 Å². The SMILES string of the molecule is c1ccc(-c2cccc(-c3nc(-c4ccccc4-c4ccccc4)nc(-c4ccc(-c5ccc(-c6ccccc6-n6c7ccccc7c7ccccc76)cc5)c5ccccc45)n3)c2)cc1. The van der Waals surface area contributed by atoms with Gasteiger partial charge in [0.2, 0.25) is 0 Å². The highest BCUT2D eigenvalue weighted by molar-refractivity contribution is 6.10. The van der Waals surface area contributed by atoms with E-state index in [-0.39, 0.29) is 0 Å². The van der Waals surface area contributed by atoms with Crippen LogP contribution in [0.25, 0.3) is 117 Å². The highest BCUT2D eigenvalue weighted by Gasteiger charge is 2.19. The molecule has 0 radical (unpaired) electrons. The molecule has 4 nitrogen and oxygen atoms in total. The first kappa shape index (κ1) is 38.0. The Balaban J connectivity index is 0.975. The molecule has 2 heterocycles. The third-order valence-corrected chi connectivity index (χ3v) is 12.5. The molecule has 304 valence electrons. The molecule has 4 heteroatoms. The maximum Gasteiger partial charge on any atom is 0.164 e. The quantitative estimate of drug-likeness (QED) is 0.153. The van der Waals surface area contributed by atoms with Crippen LogP contribution in [0.3, 0.4) is 0 Å². The van der Waals surface area contributed by atoms with Crippen LogP contribution < -0.4 is 0 Å². The van der Waals surface area contributed by atoms with Gasteiger partial charge in [0.15, 0.2) is 17.5 Å². The van der Waals surface area contributed by atoms with Crippen LogP contribution in [-0.2, 0) is 0 Å². The van der Waals surface area contributed by atoms with E-state index in [1.165, 1.54) is 27.4 Å². The third-order valence-electron chi connectivity index (χ3n) is 12.5. The third kappa shape index (κ3) is 6.85. The van der Waals surface area contributed by atoms with Crippen molar-refractivity contribution in [2.45, 2.75) is 0 Å². The molecule has 0 aliphatic rings. The van der Waals surface area contributed by atoms with Gasteiger partial charge in [-0.3, -0.25) is 0 Å². The minimum Gasteiger partial charge on any atom is -0.309 e. The van der Waals surface area contributed by atoms with Crippen molar-refractivity contribution in [3.05, 3.63) is 243 Å². The van der Waals surface area contributed by atoms with E-state index < -0.39 is 0 Å². The molecule has 0 aliphatic carbocycles. The van der Waals surface area contributed by atoms with E-state index in [1.54, 1.807) is 0 Å². The minimum atomic E-state index is 0.621. The first-order valence-electron chi connectivity index (χ1n) is 22.0. The Kier molecular flexibility index (Phi) is 9.46. The molecule has 2 aromatic heterocycles. The van der Waals surface area contributed by atoms with E-state index >= 15 is 0 Å². The Bertz CT molecular complexity index is 3650. The van der Waals surface area contributed by atoms with Crippen LogP contribution >= 0.6 is 0 Å². The molecule has 0 spiro atoms. The number of hydrogen-bond donors (Lipinski definition) is 0. The first-order chi connectivity index (χ1) is 32.2. The summed E-state index contributed by atoms with van der Waals surface area (Å²) in [4.78, 5) is 15.8. The fourth-order valence-corrected chi connectivity index (χ4v) is 9.43. The van der Waals surface area contributed by atoms with Gasteiger partial charge < -0.3 is 4.57 Å². The summed E-state index contributed by atoms with van der Waals surface area (Å²) in [5.41, 5.74) is 15.4. The standard InChI is InChI=1S/C61H40N4/c1-3-18-41(19-4-1)45-22-17-23-46(40-45)59-62-60(54-30-10-7-24-47(54)42-20-5-2-6-21-42)64-61(63-59)55-39-38-48(50-26-8-9-27-51(50)55)43-34-36-44(37-35-43)49-25-11-14-31-56(49)65-57-32-15-12-28-52(57)53-29-13-16-33-58(53)65/h1-40H. The van der Waals surface area contributed by atoms with E-state index in [2.05, 4.69) is 235 Å². The van der Waals surface area contributed by atoms with Crippen molar-refractivity contribution in [1.29, 1.82) is 0 Å². The van der Waals surface area contributed by atoms with Gasteiger partial charge in [-0.1, -0.05) is 212 Å². The predicted molar refractivity (Wildman–Crippen MR) is 270 cm³/mol. The minimum absolute atomic E-state index is 0.621. The highest BCUT2D eigenvalue weighted by Crippen LogP contribution is 2.40. The lowest BCUT2D eigenvalue weighted by Gasteiger charge is -2.16. The van der Waals surface area contributed by atoms with E-state index in [0.29, 0.717) is 17.5 Å². The predicted octanol–water partition coefficient (Wildman–Crippen LogP) is 15.8. The second-order valence-corrected chi connectivity index (χ2v) is 16.3. The zero-order valence-corrected chi connectivity index (χ0v) is 35.4. The molecule has 0 amide bonds. The summed E-state index contributed by atoms with van der Waals surface area (Å²) in [6.07, 6.45) is 0. The van der Waals surface area contributed by atoms with Crippen molar-refractivity contribution in [3.8, 4) is 84.4 Å². The van der Waals surface area contributed by atoms with Crippen LogP contribution in [0.4, 0.5) is 0 Å². The Hall–Kier alpha value is -8.73. The molecule has 0 saturated carbocycles. The van der Waals surface area contributed by atoms with Gasteiger partial charge in [-0.2, -0.15) is 0 Å². The lowest BCUT2D eigenvalue weighted by molar-refractivity contribution is 1.08. The van der Waals surface area contributed by atoms with E-state index in [0.717, 1.165) is 72.1 Å². The number of fused-ring (bicyclic) bond motifs is 4. The van der Waals surface area contributed by atoms with Crippen molar-refractivity contribution < 1.29 is 0 Å². The topological polar surface area (TPSA) is 43.6 Å². The van der Waals surface area contributed by atoms with Gasteiger partial charge >= 0.3 is 0 Å². The molecule has 0 atom stereocenters. The molecule has 12 rings (SSSR count). The van der Waals surface area contributed by atoms with Gasteiger partial charge in [0.25, 0.3) is 0 Å². The van der Waals surface area contributed by atoms with Gasteiger partial charge in [-0.25, -0.2) is 15.0 Å². The Morgan fingerprint density at radius 1 is 0.231 bits per heavy atom. The highest BCUT2D eigenvalue weighted by atomic mass is 15.0. The van der Waals surface area contributed by atoms with Crippen LogP contribution in [0.5, 0.6) is 0 Å². The molecule has 0 aliphatic heterocycles. The summed E-state index contributed by atoms with van der Waals surface area (Å²) in [6.45, 7) is 0. The number of hydrogen-bond acceptors (Lipinski definition) is 3. The van der Waals surface area contributed by atoms with Crippen molar-refractivity contribution in [2.24, 2.45) is 0 Å². The van der Waals surface area contributed by atoms with Gasteiger partial charge in [0.1, 0.15) is 0 Å². The largest absolute Gasteiger partial charge is 0.309 e. The van der Waals surface area contributed by atoms with Crippen molar-refractivity contribution in [2.75, 3.05) is 0 Å². The zero-order chi connectivity index (χ0) is 43.1. The van der Waals surface area contributed by atoms with Crippen LogP contribution in [-0.4, -0.2) is 19.5 Å². The molecule has 12 aromatic rings. The number of rotatable bonds is 8. The van der Waals surface area contributed by atoms with Crippen LogP contribution in [0.2, 0.25) is 0 Å². The Morgan fingerprint density at radius 3 is 1.34 bits per heavy atom. The zero-order valence-electron chi connectivity index (χ0n) is 35.4. The molecule has 0 bridgehead atoms. The second kappa shape index (κ2) is 16.2. The maximum atomic E-state index is 5.31. The normalized spacial score (nSPS) is 11.4. The summed E-state index contributed by atoms with van der Waals surface area (Å²) < 4.78 is 2.40. The van der Waals surface area contributed by atoms with Crippen molar-refractivity contribution in [3.63, 3.8) is 0 Å². The fourth-order valence-electron chi connectivity index (χ4n) is 9.43.